The zero-order chi connectivity index (χ0) is 11.5. The van der Waals surface area contributed by atoms with Crippen molar-refractivity contribution in [1.29, 1.82) is 0 Å². The number of pyridine rings is 1. The van der Waals surface area contributed by atoms with Crippen LogP contribution in [0.25, 0.3) is 0 Å². The van der Waals surface area contributed by atoms with Gasteiger partial charge in [-0.2, -0.15) is 0 Å². The molecule has 0 spiro atoms. The zero-order valence-electron chi connectivity index (χ0n) is 9.24. The van der Waals surface area contributed by atoms with E-state index in [4.69, 9.17) is 11.6 Å². The molecular formula is C12H15ClN2O. The van der Waals surface area contributed by atoms with Gasteiger partial charge in [0.2, 0.25) is 0 Å². The molecule has 2 rings (SSSR count). The molecule has 1 aromatic rings. The highest BCUT2D eigenvalue weighted by Gasteiger charge is 2.37. The average Bonchev–Trinajstić information content (AvgIpc) is 2.97. The molecule has 1 amide bonds. The summed E-state index contributed by atoms with van der Waals surface area (Å²) in [7, 11) is 0. The fourth-order valence-electron chi connectivity index (χ4n) is 1.92. The number of carbonyl (C=O) groups excluding carboxylic acids is 1. The van der Waals surface area contributed by atoms with E-state index in [9.17, 15) is 4.79 Å². The number of nitrogens with zero attached hydrogens (tertiary/aromatic N) is 1. The van der Waals surface area contributed by atoms with E-state index in [1.165, 1.54) is 12.8 Å². The van der Waals surface area contributed by atoms with Crippen LogP contribution >= 0.6 is 11.6 Å². The number of amides is 1. The van der Waals surface area contributed by atoms with Gasteiger partial charge in [0, 0.05) is 12.2 Å². The first-order chi connectivity index (χ1) is 7.72. The second-order valence-electron chi connectivity index (χ2n) is 4.21. The van der Waals surface area contributed by atoms with Crippen molar-refractivity contribution in [3.8, 4) is 0 Å². The van der Waals surface area contributed by atoms with Crippen LogP contribution in [0.15, 0.2) is 18.3 Å². The Labute approximate surface area is 100 Å². The number of rotatable bonds is 4. The van der Waals surface area contributed by atoms with Crippen molar-refractivity contribution in [2.45, 2.75) is 32.2 Å². The monoisotopic (exact) mass is 238 g/mol. The van der Waals surface area contributed by atoms with Crippen molar-refractivity contribution < 1.29 is 4.79 Å². The topological polar surface area (TPSA) is 42.0 Å². The molecule has 2 atom stereocenters. The Morgan fingerprint density at radius 1 is 1.69 bits per heavy atom. The molecule has 1 aliphatic carbocycles. The Morgan fingerprint density at radius 3 is 3.19 bits per heavy atom. The molecule has 1 aliphatic rings. The summed E-state index contributed by atoms with van der Waals surface area (Å²) in [5.74, 6) is 0.547. The van der Waals surface area contributed by atoms with E-state index in [-0.39, 0.29) is 11.1 Å². The molecule has 1 N–H and O–H groups in total. The smallest absolute Gasteiger partial charge is 0.254 e. The van der Waals surface area contributed by atoms with Gasteiger partial charge in [-0.15, -0.1) is 0 Å². The Bertz CT molecular complexity index is 394. The molecule has 2 unspecified atom stereocenters. The number of carbonyl (C=O) groups is 1. The molecule has 1 aromatic heterocycles. The highest BCUT2D eigenvalue weighted by Crippen LogP contribution is 2.34. The largest absolute Gasteiger partial charge is 0.349 e. The molecule has 3 nitrogen and oxygen atoms in total. The predicted octanol–water partition coefficient (Wildman–Crippen LogP) is 2.65. The van der Waals surface area contributed by atoms with Gasteiger partial charge in [-0.25, -0.2) is 4.98 Å². The third kappa shape index (κ3) is 2.53. The minimum Gasteiger partial charge on any atom is -0.349 e. The van der Waals surface area contributed by atoms with E-state index in [0.717, 1.165) is 6.42 Å². The summed E-state index contributed by atoms with van der Waals surface area (Å²) >= 11 is 5.85. The van der Waals surface area contributed by atoms with Crippen LogP contribution in [-0.2, 0) is 0 Å². The minimum absolute atomic E-state index is 0.110. The van der Waals surface area contributed by atoms with E-state index in [0.29, 0.717) is 17.5 Å². The Hall–Kier alpha value is -1.09. The molecule has 0 aromatic carbocycles. The van der Waals surface area contributed by atoms with Crippen molar-refractivity contribution in [2.75, 3.05) is 0 Å². The van der Waals surface area contributed by atoms with Gasteiger partial charge in [0.25, 0.3) is 5.91 Å². The first kappa shape index (κ1) is 11.4. The fraction of sp³-hybridized carbons (Fsp3) is 0.500. The number of hydrogen-bond acceptors (Lipinski definition) is 2. The van der Waals surface area contributed by atoms with Gasteiger partial charge in [-0.3, -0.25) is 4.79 Å². The lowest BCUT2D eigenvalue weighted by atomic mass is 10.2. The summed E-state index contributed by atoms with van der Waals surface area (Å²) in [5, 5.41) is 3.25. The fourth-order valence-corrected chi connectivity index (χ4v) is 2.12. The van der Waals surface area contributed by atoms with Crippen LogP contribution in [0.2, 0.25) is 5.15 Å². The van der Waals surface area contributed by atoms with E-state index in [2.05, 4.69) is 17.2 Å². The molecule has 0 bridgehead atoms. The Balaban J connectivity index is 1.92. The summed E-state index contributed by atoms with van der Waals surface area (Å²) < 4.78 is 0. The van der Waals surface area contributed by atoms with Crippen molar-refractivity contribution in [1.82, 2.24) is 10.3 Å². The molecule has 0 aliphatic heterocycles. The second-order valence-corrected chi connectivity index (χ2v) is 4.56. The van der Waals surface area contributed by atoms with Gasteiger partial charge < -0.3 is 5.32 Å². The van der Waals surface area contributed by atoms with Gasteiger partial charge in [0.1, 0.15) is 5.15 Å². The summed E-state index contributed by atoms with van der Waals surface area (Å²) in [5.41, 5.74) is 0.464. The normalized spacial score (nSPS) is 22.9. The third-order valence-corrected chi connectivity index (χ3v) is 3.20. The SMILES string of the molecule is CCCC1CC1NC(=O)c1cccnc1Cl. The van der Waals surface area contributed by atoms with Gasteiger partial charge in [0.05, 0.1) is 5.56 Å². The highest BCUT2D eigenvalue weighted by atomic mass is 35.5. The molecule has 4 heteroatoms. The van der Waals surface area contributed by atoms with Crippen molar-refractivity contribution in [3.63, 3.8) is 0 Å². The van der Waals surface area contributed by atoms with Crippen LogP contribution in [-0.4, -0.2) is 16.9 Å². The zero-order valence-corrected chi connectivity index (χ0v) is 10.00. The van der Waals surface area contributed by atoms with E-state index in [1.54, 1.807) is 18.3 Å². The van der Waals surface area contributed by atoms with E-state index < -0.39 is 0 Å². The predicted molar refractivity (Wildman–Crippen MR) is 63.5 cm³/mol. The number of nitrogens with one attached hydrogen (secondary N) is 1. The molecular weight excluding hydrogens is 224 g/mol. The Morgan fingerprint density at radius 2 is 2.50 bits per heavy atom. The molecule has 1 heterocycles. The van der Waals surface area contributed by atoms with E-state index >= 15 is 0 Å². The molecule has 1 fully saturated rings. The third-order valence-electron chi connectivity index (χ3n) is 2.90. The molecule has 0 saturated heterocycles. The number of aromatic nitrogens is 1. The summed E-state index contributed by atoms with van der Waals surface area (Å²) in [6, 6.07) is 3.75. The maximum absolute atomic E-state index is 11.8. The van der Waals surface area contributed by atoms with E-state index in [1.807, 2.05) is 0 Å². The van der Waals surface area contributed by atoms with Gasteiger partial charge in [-0.1, -0.05) is 24.9 Å². The average molecular weight is 239 g/mol. The lowest BCUT2D eigenvalue weighted by Gasteiger charge is -2.05. The van der Waals surface area contributed by atoms with Crippen LogP contribution in [0.5, 0.6) is 0 Å². The summed E-state index contributed by atoms with van der Waals surface area (Å²) in [6.07, 6.45) is 5.03. The van der Waals surface area contributed by atoms with Crippen molar-refractivity contribution in [3.05, 3.63) is 29.0 Å². The van der Waals surface area contributed by atoms with Crippen LogP contribution in [0.3, 0.4) is 0 Å². The maximum Gasteiger partial charge on any atom is 0.254 e. The van der Waals surface area contributed by atoms with Gasteiger partial charge in [0.15, 0.2) is 0 Å². The lowest BCUT2D eigenvalue weighted by molar-refractivity contribution is 0.0948. The molecule has 0 radical (unpaired) electrons. The lowest BCUT2D eigenvalue weighted by Crippen LogP contribution is -2.27. The minimum atomic E-state index is -0.110. The summed E-state index contributed by atoms with van der Waals surface area (Å²) in [4.78, 5) is 15.7. The van der Waals surface area contributed by atoms with Crippen LogP contribution < -0.4 is 5.32 Å². The second kappa shape index (κ2) is 4.83. The maximum atomic E-state index is 11.8. The van der Waals surface area contributed by atoms with Crippen molar-refractivity contribution in [2.24, 2.45) is 5.92 Å². The van der Waals surface area contributed by atoms with Crippen LogP contribution in [0.4, 0.5) is 0 Å². The van der Waals surface area contributed by atoms with Gasteiger partial charge >= 0.3 is 0 Å². The highest BCUT2D eigenvalue weighted by molar-refractivity contribution is 6.32. The quantitative estimate of drug-likeness (QED) is 0.820. The molecule has 86 valence electrons. The van der Waals surface area contributed by atoms with Gasteiger partial charge in [-0.05, 0) is 30.9 Å². The first-order valence-electron chi connectivity index (χ1n) is 5.63. The molecule has 1 saturated carbocycles. The molecule has 16 heavy (non-hydrogen) atoms. The number of halogens is 1. The van der Waals surface area contributed by atoms with Crippen molar-refractivity contribution >= 4 is 17.5 Å². The first-order valence-corrected chi connectivity index (χ1v) is 6.01. The number of hydrogen-bond donors (Lipinski definition) is 1. The van der Waals surface area contributed by atoms with Crippen LogP contribution in [0, 0.1) is 5.92 Å². The standard InChI is InChI=1S/C12H15ClN2O/c1-2-4-8-7-10(8)15-12(16)9-5-3-6-14-11(9)13/h3,5-6,8,10H,2,4,7H2,1H3,(H,15,16). The Kier molecular flexibility index (Phi) is 3.44. The van der Waals surface area contributed by atoms with Crippen LogP contribution in [0.1, 0.15) is 36.5 Å². The summed E-state index contributed by atoms with van der Waals surface area (Å²) in [6.45, 7) is 2.16.